The van der Waals surface area contributed by atoms with Gasteiger partial charge in [0.25, 0.3) is 11.8 Å². The average molecular weight is 436 g/mol. The Labute approximate surface area is 176 Å². The molecule has 2 aliphatic rings. The molecule has 6 nitrogen and oxygen atoms in total. The van der Waals surface area contributed by atoms with Gasteiger partial charge in [-0.15, -0.1) is 11.3 Å². The Morgan fingerprint density at radius 1 is 1.28 bits per heavy atom. The van der Waals surface area contributed by atoms with Crippen LogP contribution in [0, 0.1) is 5.82 Å². The number of likely N-dealkylation sites (tertiary alicyclic amines) is 1. The van der Waals surface area contributed by atoms with E-state index >= 15 is 0 Å². The lowest BCUT2D eigenvalue weighted by Crippen LogP contribution is -2.47. The molecule has 1 fully saturated rings. The van der Waals surface area contributed by atoms with Crippen LogP contribution in [0.3, 0.4) is 0 Å². The number of rotatable bonds is 4. The van der Waals surface area contributed by atoms with E-state index in [1.54, 1.807) is 22.3 Å². The summed E-state index contributed by atoms with van der Waals surface area (Å²) in [7, 11) is 0. The van der Waals surface area contributed by atoms with Crippen molar-refractivity contribution in [2.75, 3.05) is 13.1 Å². The van der Waals surface area contributed by atoms with E-state index in [1.165, 1.54) is 12.1 Å². The van der Waals surface area contributed by atoms with E-state index in [2.05, 4.69) is 10.5 Å². The van der Waals surface area contributed by atoms with Crippen LogP contribution in [0.15, 0.2) is 40.9 Å². The topological polar surface area (TPSA) is 71.0 Å². The van der Waals surface area contributed by atoms with Crippen LogP contribution in [-0.2, 0) is 16.2 Å². The third-order valence-corrected chi connectivity index (χ3v) is 6.42. The summed E-state index contributed by atoms with van der Waals surface area (Å²) >= 11 is 7.35. The molecule has 3 heterocycles. The molecule has 0 atom stereocenters. The molecule has 1 spiro atoms. The molecule has 1 aromatic heterocycles. The van der Waals surface area contributed by atoms with Gasteiger partial charge in [0.2, 0.25) is 0 Å². The van der Waals surface area contributed by atoms with Crippen LogP contribution in [0.5, 0.6) is 0 Å². The van der Waals surface area contributed by atoms with Crippen molar-refractivity contribution in [1.29, 1.82) is 0 Å². The van der Waals surface area contributed by atoms with Gasteiger partial charge in [0, 0.05) is 37.2 Å². The number of carbonyl (C=O) groups is 2. The third-order valence-electron chi connectivity index (χ3n) is 5.25. The molecule has 0 saturated carbocycles. The molecule has 4 rings (SSSR count). The Balaban J connectivity index is 1.32. The molecule has 2 amide bonds. The van der Waals surface area contributed by atoms with Crippen molar-refractivity contribution in [3.63, 3.8) is 0 Å². The summed E-state index contributed by atoms with van der Waals surface area (Å²) in [6.45, 7) is 1.24. The highest BCUT2D eigenvalue weighted by atomic mass is 35.5. The molecule has 2 aromatic rings. The van der Waals surface area contributed by atoms with Crippen molar-refractivity contribution < 1.29 is 18.8 Å². The number of oxime groups is 1. The van der Waals surface area contributed by atoms with E-state index in [9.17, 15) is 14.0 Å². The number of thiophene rings is 1. The zero-order chi connectivity index (χ0) is 20.4. The van der Waals surface area contributed by atoms with Gasteiger partial charge in [-0.25, -0.2) is 4.39 Å². The van der Waals surface area contributed by atoms with Gasteiger partial charge in [-0.1, -0.05) is 28.9 Å². The first-order valence-corrected chi connectivity index (χ1v) is 10.5. The summed E-state index contributed by atoms with van der Waals surface area (Å²) in [5.41, 5.74) is -0.257. The smallest absolute Gasteiger partial charge is 0.269 e. The van der Waals surface area contributed by atoms with Crippen LogP contribution >= 0.6 is 22.9 Å². The molecule has 29 heavy (non-hydrogen) atoms. The number of amides is 2. The molecule has 2 aliphatic heterocycles. The number of carbonyl (C=O) groups excluding carboxylic acids is 2. The second-order valence-electron chi connectivity index (χ2n) is 7.14. The second kappa shape index (κ2) is 8.12. The van der Waals surface area contributed by atoms with Crippen molar-refractivity contribution in [3.05, 3.63) is 57.0 Å². The predicted octanol–water partition coefficient (Wildman–Crippen LogP) is 3.61. The molecule has 152 valence electrons. The molecule has 0 aliphatic carbocycles. The zero-order valence-corrected chi connectivity index (χ0v) is 17.1. The van der Waals surface area contributed by atoms with Gasteiger partial charge in [-0.2, -0.15) is 0 Å². The Hall–Kier alpha value is -2.45. The molecular formula is C20H19ClFN3O3S. The number of halogens is 2. The number of benzene rings is 1. The maximum Gasteiger partial charge on any atom is 0.269 e. The van der Waals surface area contributed by atoms with Gasteiger partial charge in [-0.3, -0.25) is 9.59 Å². The maximum absolute atomic E-state index is 14.1. The van der Waals surface area contributed by atoms with Crippen molar-refractivity contribution in [3.8, 4) is 0 Å². The molecular weight excluding hydrogens is 417 g/mol. The Morgan fingerprint density at radius 3 is 2.79 bits per heavy atom. The van der Waals surface area contributed by atoms with Crippen LogP contribution in [0.1, 0.15) is 34.5 Å². The van der Waals surface area contributed by atoms with Crippen LogP contribution < -0.4 is 5.32 Å². The van der Waals surface area contributed by atoms with Gasteiger partial charge in [0.1, 0.15) is 11.3 Å². The summed E-state index contributed by atoms with van der Waals surface area (Å²) in [6.07, 6.45) is 1.44. The molecule has 0 unspecified atom stereocenters. The highest BCUT2D eigenvalue weighted by Crippen LogP contribution is 2.35. The largest absolute Gasteiger partial charge is 0.388 e. The maximum atomic E-state index is 14.1. The molecule has 0 radical (unpaired) electrons. The average Bonchev–Trinajstić information content (AvgIpc) is 3.39. The van der Waals surface area contributed by atoms with Gasteiger partial charge in [-0.05, 0) is 23.6 Å². The Bertz CT molecular complexity index is 956. The van der Waals surface area contributed by atoms with E-state index < -0.39 is 17.3 Å². The fraction of sp³-hybridized carbons (Fsp3) is 0.350. The summed E-state index contributed by atoms with van der Waals surface area (Å²) in [5, 5.41) is 8.73. The summed E-state index contributed by atoms with van der Waals surface area (Å²) in [6, 6.07) is 8.28. The fourth-order valence-corrected chi connectivity index (χ4v) is 4.37. The zero-order valence-electron chi connectivity index (χ0n) is 15.5. The van der Waals surface area contributed by atoms with E-state index in [4.69, 9.17) is 16.4 Å². The normalized spacial score (nSPS) is 17.7. The second-order valence-corrected chi connectivity index (χ2v) is 8.58. The number of hydrogen-bond donors (Lipinski definition) is 1. The van der Waals surface area contributed by atoms with Gasteiger partial charge in [0.05, 0.1) is 17.1 Å². The van der Waals surface area contributed by atoms with Crippen LogP contribution in [0.25, 0.3) is 0 Å². The minimum atomic E-state index is -0.704. The molecule has 1 aromatic carbocycles. The van der Waals surface area contributed by atoms with Gasteiger partial charge in [0.15, 0.2) is 5.82 Å². The molecule has 1 N–H and O–H groups in total. The molecule has 9 heteroatoms. The van der Waals surface area contributed by atoms with Crippen LogP contribution in [0.2, 0.25) is 5.02 Å². The minimum absolute atomic E-state index is 0.0364. The summed E-state index contributed by atoms with van der Waals surface area (Å²) in [5.74, 6) is -1.34. The summed E-state index contributed by atoms with van der Waals surface area (Å²) < 4.78 is 14.1. The predicted molar refractivity (Wildman–Crippen MR) is 109 cm³/mol. The van der Waals surface area contributed by atoms with Gasteiger partial charge < -0.3 is 15.1 Å². The van der Waals surface area contributed by atoms with E-state index in [-0.39, 0.29) is 16.5 Å². The lowest BCUT2D eigenvalue weighted by molar-refractivity contribution is -0.115. The first kappa shape index (κ1) is 19.8. The quantitative estimate of drug-likeness (QED) is 0.797. The first-order chi connectivity index (χ1) is 14.0. The Morgan fingerprint density at radius 2 is 2.07 bits per heavy atom. The van der Waals surface area contributed by atoms with Crippen LogP contribution in [0.4, 0.5) is 4.39 Å². The molecule has 0 bridgehead atoms. The lowest BCUT2D eigenvalue weighted by atomic mass is 9.86. The number of nitrogens with zero attached hydrogens (tertiary/aromatic N) is 2. The van der Waals surface area contributed by atoms with E-state index in [0.29, 0.717) is 44.6 Å². The van der Waals surface area contributed by atoms with E-state index in [1.807, 2.05) is 17.5 Å². The highest BCUT2D eigenvalue weighted by molar-refractivity contribution is 7.09. The van der Waals surface area contributed by atoms with Crippen molar-refractivity contribution in [2.45, 2.75) is 31.4 Å². The van der Waals surface area contributed by atoms with Crippen LogP contribution in [-0.4, -0.2) is 41.1 Å². The number of nitrogens with one attached hydrogen (secondary N) is 1. The standard InChI is InChI=1S/C20H19ClFN3O3S/c21-15-5-1-4-14(17(15)22)19(27)25-8-6-20(7-9-25)11-16(24-28-20)18(26)23-12-13-3-2-10-29-13/h1-5,10H,6-9,11-12H2,(H,23,26). The minimum Gasteiger partial charge on any atom is -0.388 e. The van der Waals surface area contributed by atoms with Gasteiger partial charge >= 0.3 is 0 Å². The monoisotopic (exact) mass is 435 g/mol. The van der Waals surface area contributed by atoms with Crippen molar-refractivity contribution in [2.24, 2.45) is 5.16 Å². The van der Waals surface area contributed by atoms with Crippen molar-refractivity contribution in [1.82, 2.24) is 10.2 Å². The van der Waals surface area contributed by atoms with E-state index in [0.717, 1.165) is 4.88 Å². The Kier molecular flexibility index (Phi) is 5.56. The lowest BCUT2D eigenvalue weighted by Gasteiger charge is -2.37. The highest BCUT2D eigenvalue weighted by Gasteiger charge is 2.44. The third kappa shape index (κ3) is 4.13. The SMILES string of the molecule is O=C(NCc1cccs1)C1=NOC2(CCN(C(=O)c3cccc(Cl)c3F)CC2)C1. The fourth-order valence-electron chi connectivity index (χ4n) is 3.55. The molecule has 1 saturated heterocycles. The number of hydrogen-bond acceptors (Lipinski definition) is 5. The van der Waals surface area contributed by atoms with Crippen molar-refractivity contribution >= 4 is 40.5 Å². The first-order valence-electron chi connectivity index (χ1n) is 9.26. The summed E-state index contributed by atoms with van der Waals surface area (Å²) in [4.78, 5) is 33.3. The number of piperidine rings is 1.